The van der Waals surface area contributed by atoms with Crippen molar-refractivity contribution in [1.29, 1.82) is 0 Å². The summed E-state index contributed by atoms with van der Waals surface area (Å²) in [5.74, 6) is 1.34. The van der Waals surface area contributed by atoms with Gasteiger partial charge in [0.15, 0.2) is 5.69 Å². The molecule has 0 radical (unpaired) electrons. The monoisotopic (exact) mass is 308 g/mol. The number of nitrogens with zero attached hydrogens (tertiary/aromatic N) is 2. The Morgan fingerprint density at radius 2 is 1.48 bits per heavy atom. The summed E-state index contributed by atoms with van der Waals surface area (Å²) in [4.78, 5) is 21.2. The van der Waals surface area contributed by atoms with Gasteiger partial charge in [-0.3, -0.25) is 0 Å². The minimum absolute atomic E-state index is 0.0422. The zero-order valence-corrected chi connectivity index (χ0v) is 13.0. The van der Waals surface area contributed by atoms with Crippen molar-refractivity contribution in [3.05, 3.63) is 35.7 Å². The first-order valence-electron chi connectivity index (χ1n) is 8.63. The van der Waals surface area contributed by atoms with Crippen molar-refractivity contribution in [1.82, 2.24) is 9.97 Å². The molecule has 0 spiro atoms. The van der Waals surface area contributed by atoms with Gasteiger partial charge in [0.25, 0.3) is 0 Å². The van der Waals surface area contributed by atoms with Crippen molar-refractivity contribution in [2.45, 2.75) is 43.9 Å². The quantitative estimate of drug-likeness (QED) is 0.916. The van der Waals surface area contributed by atoms with E-state index in [4.69, 9.17) is 4.98 Å². The number of carboxylic acids is 1. The molecule has 4 fully saturated rings. The predicted molar refractivity (Wildman–Crippen MR) is 86.3 cm³/mol. The van der Waals surface area contributed by atoms with Gasteiger partial charge in [-0.15, -0.1) is 0 Å². The second kappa shape index (κ2) is 4.53. The summed E-state index contributed by atoms with van der Waals surface area (Å²) in [7, 11) is 0. The number of benzene rings is 1. The fourth-order valence-electron chi connectivity index (χ4n) is 5.92. The Balaban J connectivity index is 1.72. The van der Waals surface area contributed by atoms with Crippen molar-refractivity contribution in [3.63, 3.8) is 0 Å². The second-order valence-electron chi connectivity index (χ2n) is 7.91. The molecule has 1 heterocycles. The molecule has 0 amide bonds. The number of hydrogen-bond acceptors (Lipinski definition) is 3. The van der Waals surface area contributed by atoms with E-state index in [0.717, 1.165) is 48.2 Å². The van der Waals surface area contributed by atoms with Crippen LogP contribution in [0.15, 0.2) is 24.3 Å². The summed E-state index contributed by atoms with van der Waals surface area (Å²) in [5, 5.41) is 9.72. The third kappa shape index (κ3) is 1.93. The van der Waals surface area contributed by atoms with Crippen LogP contribution in [0, 0.1) is 17.8 Å². The number of rotatable bonds is 2. The van der Waals surface area contributed by atoms with Crippen LogP contribution in [0.1, 0.15) is 54.7 Å². The van der Waals surface area contributed by atoms with Crippen molar-refractivity contribution in [2.75, 3.05) is 0 Å². The van der Waals surface area contributed by atoms with E-state index >= 15 is 0 Å². The molecule has 1 aromatic heterocycles. The Hall–Kier alpha value is -1.97. The Bertz CT molecular complexity index is 779. The van der Waals surface area contributed by atoms with Gasteiger partial charge in [-0.2, -0.15) is 0 Å². The average Bonchev–Trinajstić information content (AvgIpc) is 2.52. The maximum atomic E-state index is 11.9. The smallest absolute Gasteiger partial charge is 0.356 e. The van der Waals surface area contributed by atoms with E-state index in [9.17, 15) is 9.90 Å². The van der Waals surface area contributed by atoms with Crippen LogP contribution in [0.5, 0.6) is 0 Å². The molecule has 4 nitrogen and oxygen atoms in total. The van der Waals surface area contributed by atoms with Crippen LogP contribution in [0.3, 0.4) is 0 Å². The topological polar surface area (TPSA) is 63.1 Å². The van der Waals surface area contributed by atoms with Crippen LogP contribution in [-0.2, 0) is 5.41 Å². The number of aromatic nitrogens is 2. The van der Waals surface area contributed by atoms with Gasteiger partial charge in [-0.1, -0.05) is 12.1 Å². The molecule has 1 N–H and O–H groups in total. The fourth-order valence-corrected chi connectivity index (χ4v) is 5.92. The summed E-state index contributed by atoms with van der Waals surface area (Å²) < 4.78 is 0. The summed E-state index contributed by atoms with van der Waals surface area (Å²) in [6.45, 7) is 0. The van der Waals surface area contributed by atoms with E-state index in [1.807, 2.05) is 24.3 Å². The highest BCUT2D eigenvalue weighted by Gasteiger charge is 2.53. The predicted octanol–water partition coefficient (Wildman–Crippen LogP) is 3.80. The minimum Gasteiger partial charge on any atom is -0.476 e. The lowest BCUT2D eigenvalue weighted by Crippen LogP contribution is -2.49. The fraction of sp³-hybridized carbons (Fsp3) is 0.526. The molecular formula is C19H20N2O2. The van der Waals surface area contributed by atoms with Gasteiger partial charge in [0.1, 0.15) is 0 Å². The van der Waals surface area contributed by atoms with Crippen LogP contribution in [0.2, 0.25) is 0 Å². The first kappa shape index (κ1) is 13.5. The van der Waals surface area contributed by atoms with Gasteiger partial charge in [0.05, 0.1) is 16.7 Å². The van der Waals surface area contributed by atoms with Crippen LogP contribution in [0.25, 0.3) is 11.0 Å². The number of para-hydroxylation sites is 2. The molecule has 1 aromatic carbocycles. The van der Waals surface area contributed by atoms with E-state index in [1.54, 1.807) is 0 Å². The standard InChI is InChI=1S/C19H20N2O2/c22-18(23)16-17(21-15-4-2-1-3-14(15)20-16)19-8-11-5-12(9-19)7-13(6-11)10-19/h1-4,11-13H,5-10H2,(H,22,23). The summed E-state index contributed by atoms with van der Waals surface area (Å²) in [6, 6.07) is 7.62. The zero-order chi connectivity index (χ0) is 15.6. The normalized spacial score (nSPS) is 34.9. The molecule has 23 heavy (non-hydrogen) atoms. The van der Waals surface area contributed by atoms with Crippen LogP contribution in [-0.4, -0.2) is 21.0 Å². The van der Waals surface area contributed by atoms with Crippen LogP contribution < -0.4 is 0 Å². The number of fused-ring (bicyclic) bond motifs is 1. The molecule has 2 aromatic rings. The van der Waals surface area contributed by atoms with Gasteiger partial charge in [-0.05, 0) is 68.4 Å². The summed E-state index contributed by atoms with van der Waals surface area (Å²) >= 11 is 0. The van der Waals surface area contributed by atoms with E-state index in [2.05, 4.69) is 4.98 Å². The molecule has 118 valence electrons. The van der Waals surface area contributed by atoms with Crippen molar-refractivity contribution in [2.24, 2.45) is 17.8 Å². The summed E-state index contributed by atoms with van der Waals surface area (Å²) in [6.07, 6.45) is 7.32. The minimum atomic E-state index is -0.936. The van der Waals surface area contributed by atoms with Crippen LogP contribution >= 0.6 is 0 Å². The maximum Gasteiger partial charge on any atom is 0.356 e. The van der Waals surface area contributed by atoms with Crippen molar-refractivity contribution in [3.8, 4) is 0 Å². The largest absolute Gasteiger partial charge is 0.476 e. The van der Waals surface area contributed by atoms with Crippen molar-refractivity contribution < 1.29 is 9.90 Å². The van der Waals surface area contributed by atoms with Gasteiger partial charge in [0, 0.05) is 5.41 Å². The third-order valence-corrected chi connectivity index (χ3v) is 6.31. The number of aromatic carboxylic acids is 1. The van der Waals surface area contributed by atoms with Gasteiger partial charge in [-0.25, -0.2) is 14.8 Å². The third-order valence-electron chi connectivity index (χ3n) is 6.31. The van der Waals surface area contributed by atoms with E-state index in [-0.39, 0.29) is 11.1 Å². The molecule has 4 aliphatic carbocycles. The van der Waals surface area contributed by atoms with E-state index in [1.165, 1.54) is 19.3 Å². The second-order valence-corrected chi connectivity index (χ2v) is 7.91. The molecular weight excluding hydrogens is 288 g/mol. The highest BCUT2D eigenvalue weighted by atomic mass is 16.4. The van der Waals surface area contributed by atoms with E-state index < -0.39 is 5.97 Å². The molecule has 6 rings (SSSR count). The van der Waals surface area contributed by atoms with Crippen molar-refractivity contribution >= 4 is 17.0 Å². The summed E-state index contributed by atoms with van der Waals surface area (Å²) in [5.41, 5.74) is 2.41. The average molecular weight is 308 g/mol. The molecule has 0 saturated heterocycles. The molecule has 0 atom stereocenters. The Kier molecular flexibility index (Phi) is 2.65. The van der Waals surface area contributed by atoms with E-state index in [0.29, 0.717) is 5.52 Å². The number of hydrogen-bond donors (Lipinski definition) is 1. The first-order valence-corrected chi connectivity index (χ1v) is 8.63. The van der Waals surface area contributed by atoms with Crippen LogP contribution in [0.4, 0.5) is 0 Å². The highest BCUT2D eigenvalue weighted by molar-refractivity contribution is 5.90. The molecule has 4 aliphatic rings. The number of carbonyl (C=O) groups is 1. The number of carboxylic acid groups (broad SMARTS) is 1. The molecule has 0 unspecified atom stereocenters. The van der Waals surface area contributed by atoms with Gasteiger partial charge < -0.3 is 5.11 Å². The van der Waals surface area contributed by atoms with Gasteiger partial charge in [0.2, 0.25) is 0 Å². The maximum absolute atomic E-state index is 11.9. The zero-order valence-electron chi connectivity index (χ0n) is 13.0. The molecule has 4 heteroatoms. The lowest BCUT2D eigenvalue weighted by Gasteiger charge is -2.56. The Labute approximate surface area is 135 Å². The molecule has 4 bridgehead atoms. The molecule has 0 aliphatic heterocycles. The first-order chi connectivity index (χ1) is 11.1. The molecule has 4 saturated carbocycles. The Morgan fingerprint density at radius 1 is 0.957 bits per heavy atom. The van der Waals surface area contributed by atoms with Gasteiger partial charge >= 0.3 is 5.97 Å². The highest BCUT2D eigenvalue weighted by Crippen LogP contribution is 2.60. The Morgan fingerprint density at radius 3 is 2.00 bits per heavy atom. The SMILES string of the molecule is O=C(O)c1nc2ccccc2nc1C12CC3CC(CC(C3)C1)C2. The lowest BCUT2D eigenvalue weighted by molar-refractivity contribution is -0.00794. The lowest BCUT2D eigenvalue weighted by atomic mass is 9.48.